The van der Waals surface area contributed by atoms with Crippen LogP contribution >= 0.6 is 11.3 Å². The van der Waals surface area contributed by atoms with Gasteiger partial charge in [0.1, 0.15) is 16.6 Å². The van der Waals surface area contributed by atoms with Crippen molar-refractivity contribution in [2.24, 2.45) is 11.7 Å². The maximum atomic E-state index is 14.4. The van der Waals surface area contributed by atoms with E-state index >= 15 is 0 Å². The third-order valence-electron chi connectivity index (χ3n) is 5.28. The second kappa shape index (κ2) is 8.36. The minimum Gasteiger partial charge on any atom is -0.368 e. The minimum absolute atomic E-state index is 0.0284. The number of thiazole rings is 1. The second-order valence-corrected chi connectivity index (χ2v) is 8.90. The summed E-state index contributed by atoms with van der Waals surface area (Å²) >= 11 is 1.39. The zero-order valence-corrected chi connectivity index (χ0v) is 17.5. The first-order valence-corrected chi connectivity index (χ1v) is 10.5. The summed E-state index contributed by atoms with van der Waals surface area (Å²) in [5.41, 5.74) is 4.88. The van der Waals surface area contributed by atoms with Crippen LogP contribution in [0.5, 0.6) is 0 Å². The molecule has 0 spiro atoms. The molecule has 0 unspecified atom stereocenters. The predicted molar refractivity (Wildman–Crippen MR) is 108 cm³/mol. The topological polar surface area (TPSA) is 83.0 Å². The van der Waals surface area contributed by atoms with Crippen LogP contribution in [-0.2, 0) is 4.79 Å². The molecule has 1 heterocycles. The van der Waals surface area contributed by atoms with Crippen LogP contribution < -0.4 is 5.73 Å². The van der Waals surface area contributed by atoms with Crippen LogP contribution in [0, 0.1) is 17.2 Å². The molecule has 1 amide bonds. The second-order valence-electron chi connectivity index (χ2n) is 8.00. The van der Waals surface area contributed by atoms with Crippen molar-refractivity contribution < 1.29 is 18.0 Å². The molecule has 1 aliphatic carbocycles. The van der Waals surface area contributed by atoms with Crippen LogP contribution in [0.1, 0.15) is 44.7 Å². The quantitative estimate of drug-likeness (QED) is 0.652. The van der Waals surface area contributed by atoms with Gasteiger partial charge in [0.15, 0.2) is 0 Å². The number of alkyl halides is 3. The number of rotatable bonds is 8. The zero-order valence-electron chi connectivity index (χ0n) is 16.7. The number of amides is 1. The number of nitriles is 1. The number of hydrogen-bond donors (Lipinski definition) is 1. The molecule has 1 aliphatic rings. The van der Waals surface area contributed by atoms with Crippen LogP contribution in [0.15, 0.2) is 35.8 Å². The number of aromatic nitrogens is 1. The highest BCUT2D eigenvalue weighted by Crippen LogP contribution is 2.52. The normalized spacial score (nSPS) is 17.5. The van der Waals surface area contributed by atoms with Crippen molar-refractivity contribution in [1.29, 1.82) is 5.26 Å². The van der Waals surface area contributed by atoms with Gasteiger partial charge in [-0.05, 0) is 30.7 Å². The van der Waals surface area contributed by atoms with Crippen molar-refractivity contribution in [2.45, 2.75) is 56.9 Å². The Morgan fingerprint density at radius 1 is 1.33 bits per heavy atom. The first-order chi connectivity index (χ1) is 14.1. The fourth-order valence-corrected chi connectivity index (χ4v) is 4.41. The summed E-state index contributed by atoms with van der Waals surface area (Å²) < 4.78 is 43.1. The third-order valence-corrected chi connectivity index (χ3v) is 6.10. The van der Waals surface area contributed by atoms with E-state index in [-0.39, 0.29) is 30.7 Å². The van der Waals surface area contributed by atoms with E-state index in [1.54, 1.807) is 23.7 Å². The largest absolute Gasteiger partial charge is 0.408 e. The Labute approximate surface area is 177 Å². The first kappa shape index (κ1) is 22.2. The van der Waals surface area contributed by atoms with Crippen molar-refractivity contribution in [1.82, 2.24) is 9.88 Å². The Hall–Kier alpha value is -2.44. The van der Waals surface area contributed by atoms with E-state index < -0.39 is 29.7 Å². The molecule has 2 atom stereocenters. The van der Waals surface area contributed by atoms with Gasteiger partial charge in [-0.1, -0.05) is 38.1 Å². The van der Waals surface area contributed by atoms with E-state index in [9.17, 15) is 23.2 Å². The van der Waals surface area contributed by atoms with Crippen molar-refractivity contribution in [3.63, 3.8) is 0 Å². The highest BCUT2D eigenvalue weighted by atomic mass is 32.1. The van der Waals surface area contributed by atoms with E-state index in [4.69, 9.17) is 5.73 Å². The molecule has 160 valence electrons. The molecule has 3 rings (SSSR count). The number of carbonyl (C=O) groups excluding carboxylic acids is 1. The summed E-state index contributed by atoms with van der Waals surface area (Å²) in [5, 5.41) is 12.2. The maximum Gasteiger partial charge on any atom is 0.408 e. The Morgan fingerprint density at radius 3 is 2.37 bits per heavy atom. The molecule has 1 saturated carbocycles. The van der Waals surface area contributed by atoms with E-state index in [1.165, 1.54) is 23.5 Å². The molecular weight excluding hydrogens is 413 g/mol. The zero-order chi connectivity index (χ0) is 22.1. The molecule has 0 aliphatic heterocycles. The molecule has 2 aromatic rings. The fourth-order valence-electron chi connectivity index (χ4n) is 3.77. The van der Waals surface area contributed by atoms with E-state index in [0.29, 0.717) is 10.6 Å². The van der Waals surface area contributed by atoms with Crippen LogP contribution in [0.25, 0.3) is 10.6 Å². The molecule has 1 aromatic carbocycles. The van der Waals surface area contributed by atoms with Crippen molar-refractivity contribution in [3.8, 4) is 16.6 Å². The molecule has 0 bridgehead atoms. The molecule has 1 fully saturated rings. The lowest BCUT2D eigenvalue weighted by molar-refractivity contribution is -0.200. The number of halogens is 3. The number of hydrogen-bond acceptors (Lipinski definition) is 5. The van der Waals surface area contributed by atoms with Crippen LogP contribution in [0.2, 0.25) is 0 Å². The van der Waals surface area contributed by atoms with Gasteiger partial charge in [-0.3, -0.25) is 9.69 Å². The number of nitrogens with zero attached hydrogens (tertiary/aromatic N) is 3. The standard InChI is InChI=1S/C21H23F3N4OS/c1-13(2)11-16(18(26)29)28(20(12-25)7-8-20)17(21(22,23)24)14-3-5-15(6-4-14)19-27-9-10-30-19/h3-6,9-10,13,16-17H,7-8,11H2,1-2H3,(H2,26,29)/t16-,17-/m0/s1. The molecule has 30 heavy (non-hydrogen) atoms. The lowest BCUT2D eigenvalue weighted by Crippen LogP contribution is -2.56. The summed E-state index contributed by atoms with van der Waals surface area (Å²) in [6.07, 6.45) is -2.38. The van der Waals surface area contributed by atoms with Crippen molar-refractivity contribution >= 4 is 17.2 Å². The van der Waals surface area contributed by atoms with Gasteiger partial charge < -0.3 is 5.73 Å². The third kappa shape index (κ3) is 4.50. The van der Waals surface area contributed by atoms with Gasteiger partial charge in [-0.2, -0.15) is 18.4 Å². The van der Waals surface area contributed by atoms with Crippen LogP contribution in [0.3, 0.4) is 0 Å². The minimum atomic E-state index is -4.69. The Morgan fingerprint density at radius 2 is 1.97 bits per heavy atom. The summed E-state index contributed by atoms with van der Waals surface area (Å²) in [7, 11) is 0. The molecule has 2 N–H and O–H groups in total. The molecule has 9 heteroatoms. The monoisotopic (exact) mass is 436 g/mol. The number of benzene rings is 1. The predicted octanol–water partition coefficient (Wildman–Crippen LogP) is 4.67. The Balaban J connectivity index is 2.09. The SMILES string of the molecule is CC(C)C[C@@H](C(N)=O)N([C@@H](c1ccc(-c2nccs2)cc1)C(F)(F)F)C1(C#N)CC1. The highest BCUT2D eigenvalue weighted by molar-refractivity contribution is 7.13. The Kier molecular flexibility index (Phi) is 6.20. The fraction of sp³-hybridized carbons (Fsp3) is 0.476. The number of carbonyl (C=O) groups is 1. The summed E-state index contributed by atoms with van der Waals surface area (Å²) in [5.74, 6) is -0.917. The average molecular weight is 437 g/mol. The molecule has 5 nitrogen and oxygen atoms in total. The average Bonchev–Trinajstić information content (AvgIpc) is 3.27. The lowest BCUT2D eigenvalue weighted by Gasteiger charge is -2.41. The molecule has 0 saturated heterocycles. The van der Waals surface area contributed by atoms with E-state index in [0.717, 1.165) is 4.90 Å². The van der Waals surface area contributed by atoms with Crippen LogP contribution in [-0.4, -0.2) is 33.5 Å². The molecule has 0 radical (unpaired) electrons. The van der Waals surface area contributed by atoms with Gasteiger partial charge in [-0.25, -0.2) is 4.98 Å². The first-order valence-electron chi connectivity index (χ1n) is 9.64. The number of nitrogens with two attached hydrogens (primary N) is 1. The van der Waals surface area contributed by atoms with Gasteiger partial charge in [-0.15, -0.1) is 11.3 Å². The van der Waals surface area contributed by atoms with E-state index in [2.05, 4.69) is 4.98 Å². The van der Waals surface area contributed by atoms with Gasteiger partial charge in [0.2, 0.25) is 5.91 Å². The van der Waals surface area contributed by atoms with E-state index in [1.807, 2.05) is 19.9 Å². The highest BCUT2D eigenvalue weighted by Gasteiger charge is 2.60. The molecular formula is C21H23F3N4OS. The maximum absolute atomic E-state index is 14.4. The lowest BCUT2D eigenvalue weighted by atomic mass is 9.93. The van der Waals surface area contributed by atoms with Crippen molar-refractivity contribution in [2.75, 3.05) is 0 Å². The summed E-state index contributed by atoms with van der Waals surface area (Å²) in [6, 6.07) is 4.67. The van der Waals surface area contributed by atoms with Gasteiger partial charge in [0.05, 0.1) is 12.1 Å². The Bertz CT molecular complexity index is 915. The number of primary amides is 1. The van der Waals surface area contributed by atoms with Crippen LogP contribution in [0.4, 0.5) is 13.2 Å². The molecule has 1 aromatic heterocycles. The summed E-state index contributed by atoms with van der Waals surface area (Å²) in [6.45, 7) is 3.62. The smallest absolute Gasteiger partial charge is 0.368 e. The van der Waals surface area contributed by atoms with Gasteiger partial charge in [0, 0.05) is 17.1 Å². The van der Waals surface area contributed by atoms with Crippen molar-refractivity contribution in [3.05, 3.63) is 41.4 Å². The van der Waals surface area contributed by atoms with Gasteiger partial charge >= 0.3 is 6.18 Å². The van der Waals surface area contributed by atoms with Gasteiger partial charge in [0.25, 0.3) is 0 Å². The summed E-state index contributed by atoms with van der Waals surface area (Å²) in [4.78, 5) is 17.4.